The number of nitrogens with one attached hydrogen (secondary N) is 1. The van der Waals surface area contributed by atoms with E-state index in [1.54, 1.807) is 63.2 Å². The highest BCUT2D eigenvalue weighted by atomic mass is 35.5. The number of aromatic nitrogens is 3. The summed E-state index contributed by atoms with van der Waals surface area (Å²) >= 11 is 6.21. The van der Waals surface area contributed by atoms with Crippen LogP contribution in [0.25, 0.3) is 0 Å². The summed E-state index contributed by atoms with van der Waals surface area (Å²) in [5.41, 5.74) is 1.07. The zero-order valence-electron chi connectivity index (χ0n) is 23.7. The lowest BCUT2D eigenvalue weighted by molar-refractivity contribution is -0.132. The molecule has 1 aromatic heterocycles. The smallest absolute Gasteiger partial charge is 0.338 e. The number of carbonyl (C=O) groups is 3. The van der Waals surface area contributed by atoms with E-state index in [0.717, 1.165) is 4.90 Å². The van der Waals surface area contributed by atoms with Crippen LogP contribution in [-0.2, 0) is 29.0 Å². The maximum atomic E-state index is 13.8. The Balaban J connectivity index is 1.60. The Morgan fingerprint density at radius 3 is 2.63 bits per heavy atom. The maximum Gasteiger partial charge on any atom is 0.338 e. The molecule has 0 bridgehead atoms. The van der Waals surface area contributed by atoms with Crippen molar-refractivity contribution in [2.24, 2.45) is 5.92 Å². The van der Waals surface area contributed by atoms with E-state index in [9.17, 15) is 19.5 Å². The van der Waals surface area contributed by atoms with Crippen LogP contribution in [0.4, 0.5) is 4.79 Å². The van der Waals surface area contributed by atoms with Gasteiger partial charge in [-0.25, -0.2) is 9.59 Å². The van der Waals surface area contributed by atoms with Gasteiger partial charge in [0.15, 0.2) is 5.82 Å². The molecule has 2 aromatic carbocycles. The van der Waals surface area contributed by atoms with Crippen LogP contribution in [0.3, 0.4) is 0 Å². The van der Waals surface area contributed by atoms with Gasteiger partial charge in [-0.15, -0.1) is 5.10 Å². The Morgan fingerprint density at radius 1 is 1.20 bits per heavy atom. The van der Waals surface area contributed by atoms with E-state index in [0.29, 0.717) is 33.9 Å². The second-order valence-electron chi connectivity index (χ2n) is 10.8. The number of esters is 1. The number of ether oxygens (including phenoxy) is 2. The molecule has 4 rings (SSSR count). The molecule has 0 aliphatic carbocycles. The molecule has 0 saturated heterocycles. The molecule has 0 radical (unpaired) electrons. The van der Waals surface area contributed by atoms with Crippen LogP contribution >= 0.6 is 11.6 Å². The van der Waals surface area contributed by atoms with Crippen molar-refractivity contribution in [2.75, 3.05) is 7.11 Å². The molecule has 0 saturated carbocycles. The standard InChI is InChI=1S/C29H34ClN5O6/c1-6-22(17-8-7-9-18(12-17)26(37)41-29(2,3)4)31-27(38)35-16-24-32-33-28(39)34(24)15-20(25(35)36)13-19-14-21(30)10-11-23(19)40-5/h7-12,14,20,22H,6,13,15-16H2,1-5H3,(H,31,38)(H,33,39)/t20-,22+/m0/s1. The predicted octanol–water partition coefficient (Wildman–Crippen LogP) is 4.66. The molecule has 3 aromatic rings. The van der Waals surface area contributed by atoms with Gasteiger partial charge >= 0.3 is 18.0 Å². The summed E-state index contributed by atoms with van der Waals surface area (Å²) in [7, 11) is 1.52. The Labute approximate surface area is 243 Å². The molecule has 2 atom stereocenters. The fraction of sp³-hybridized carbons (Fsp3) is 0.414. The minimum atomic E-state index is -0.758. The lowest BCUT2D eigenvalue weighted by Gasteiger charge is -2.26. The first-order valence-corrected chi connectivity index (χ1v) is 13.7. The van der Waals surface area contributed by atoms with Crippen molar-refractivity contribution >= 4 is 29.5 Å². The van der Waals surface area contributed by atoms with Gasteiger partial charge in [-0.05, 0) is 75.1 Å². The van der Waals surface area contributed by atoms with Crippen LogP contribution in [0, 0.1) is 5.92 Å². The van der Waals surface area contributed by atoms with Gasteiger partial charge in [-0.2, -0.15) is 0 Å². The largest absolute Gasteiger partial charge is 0.496 e. The molecule has 1 aliphatic heterocycles. The molecular weight excluding hydrogens is 550 g/mol. The van der Waals surface area contributed by atoms with Gasteiger partial charge in [0.25, 0.3) is 0 Å². The second-order valence-corrected chi connectivity index (χ2v) is 11.3. The third-order valence-corrected chi connectivity index (χ3v) is 6.94. The number of amides is 3. The van der Waals surface area contributed by atoms with Gasteiger partial charge < -0.3 is 19.9 Å². The van der Waals surface area contributed by atoms with E-state index in [1.807, 2.05) is 6.92 Å². The van der Waals surface area contributed by atoms with E-state index in [2.05, 4.69) is 15.5 Å². The highest BCUT2D eigenvalue weighted by molar-refractivity contribution is 6.30. The lowest BCUT2D eigenvalue weighted by atomic mass is 9.97. The summed E-state index contributed by atoms with van der Waals surface area (Å²) in [6, 6.07) is 10.5. The third kappa shape index (κ3) is 6.97. The predicted molar refractivity (Wildman–Crippen MR) is 151 cm³/mol. The minimum absolute atomic E-state index is 0.0571. The Hall–Kier alpha value is -4.12. The van der Waals surface area contributed by atoms with Gasteiger partial charge in [0.2, 0.25) is 5.91 Å². The first-order chi connectivity index (χ1) is 19.4. The molecule has 12 heteroatoms. The first-order valence-electron chi connectivity index (χ1n) is 13.3. The molecule has 3 amide bonds. The van der Waals surface area contributed by atoms with Crippen molar-refractivity contribution in [3.8, 4) is 11.8 Å². The molecule has 0 spiro atoms. The number of hydrogen-bond acceptors (Lipinski definition) is 8. The van der Waals surface area contributed by atoms with Crippen LogP contribution in [0.1, 0.15) is 67.5 Å². The van der Waals surface area contributed by atoms with E-state index >= 15 is 0 Å². The van der Waals surface area contributed by atoms with E-state index in [4.69, 9.17) is 21.1 Å². The molecule has 1 aliphatic rings. The molecule has 11 nitrogen and oxygen atoms in total. The van der Waals surface area contributed by atoms with Gasteiger partial charge in [0.1, 0.15) is 11.4 Å². The Morgan fingerprint density at radius 2 is 1.95 bits per heavy atom. The fourth-order valence-electron chi connectivity index (χ4n) is 4.73. The van der Waals surface area contributed by atoms with Crippen LogP contribution < -0.4 is 10.1 Å². The molecule has 41 heavy (non-hydrogen) atoms. The Kier molecular flexibility index (Phi) is 8.86. The molecule has 0 fully saturated rings. The number of urea groups is 1. The average molecular weight is 584 g/mol. The number of nitrogens with zero attached hydrogens (tertiary/aromatic N) is 4. The summed E-state index contributed by atoms with van der Waals surface area (Å²) in [6.45, 7) is 7.13. The quantitative estimate of drug-likeness (QED) is 0.383. The normalized spacial score (nSPS) is 16.0. The zero-order chi connectivity index (χ0) is 29.9. The number of rotatable bonds is 7. The van der Waals surface area contributed by atoms with E-state index < -0.39 is 35.5 Å². The average Bonchev–Trinajstić information content (AvgIpc) is 3.19. The van der Waals surface area contributed by atoms with Crippen molar-refractivity contribution in [1.29, 1.82) is 0 Å². The van der Waals surface area contributed by atoms with Crippen LogP contribution in [0.2, 0.25) is 5.02 Å². The number of benzene rings is 2. The van der Waals surface area contributed by atoms with Crippen molar-refractivity contribution in [3.05, 3.63) is 70.0 Å². The molecule has 0 unspecified atom stereocenters. The summed E-state index contributed by atoms with van der Waals surface area (Å²) in [6.07, 6.45) is 0.685. The van der Waals surface area contributed by atoms with Gasteiger partial charge in [0, 0.05) is 11.6 Å². The van der Waals surface area contributed by atoms with Crippen molar-refractivity contribution in [1.82, 2.24) is 25.0 Å². The summed E-state index contributed by atoms with van der Waals surface area (Å²) in [4.78, 5) is 41.2. The second kappa shape index (κ2) is 12.2. The number of hydrogen-bond donors (Lipinski definition) is 2. The van der Waals surface area contributed by atoms with Crippen molar-refractivity contribution < 1.29 is 29.0 Å². The number of imide groups is 1. The maximum absolute atomic E-state index is 13.8. The van der Waals surface area contributed by atoms with Crippen molar-refractivity contribution in [3.63, 3.8) is 0 Å². The molecule has 2 heterocycles. The number of fused-ring (bicyclic) bond motifs is 1. The van der Waals surface area contributed by atoms with Crippen LogP contribution in [0.5, 0.6) is 11.8 Å². The van der Waals surface area contributed by atoms with Gasteiger partial charge in [-0.3, -0.25) is 14.3 Å². The third-order valence-electron chi connectivity index (χ3n) is 6.71. The number of aromatic hydroxyl groups is 1. The SMILES string of the molecule is CC[C@@H](NC(=O)N1Cc2nnc(O)n2C[C@H](Cc2cc(Cl)ccc2OC)C1=O)c1cccc(C(=O)OC(C)(C)C)c1. The molecule has 2 N–H and O–H groups in total. The van der Waals surface area contributed by atoms with Gasteiger partial charge in [-0.1, -0.05) is 35.8 Å². The highest BCUT2D eigenvalue weighted by Crippen LogP contribution is 2.30. The number of halogens is 1. The number of methoxy groups -OCH3 is 1. The number of carbonyl (C=O) groups excluding carboxylic acids is 3. The van der Waals surface area contributed by atoms with Crippen molar-refractivity contribution in [2.45, 2.75) is 65.3 Å². The van der Waals surface area contributed by atoms with Crippen LogP contribution in [-0.4, -0.2) is 55.4 Å². The van der Waals surface area contributed by atoms with Crippen LogP contribution in [0.15, 0.2) is 42.5 Å². The molecular formula is C29H34ClN5O6. The monoisotopic (exact) mass is 583 g/mol. The Bertz CT molecular complexity index is 1450. The molecule has 218 valence electrons. The summed E-state index contributed by atoms with van der Waals surface area (Å²) in [5.74, 6) is -0.863. The summed E-state index contributed by atoms with van der Waals surface area (Å²) in [5, 5.41) is 21.4. The van der Waals surface area contributed by atoms with Gasteiger partial charge in [0.05, 0.1) is 31.2 Å². The minimum Gasteiger partial charge on any atom is -0.496 e. The van der Waals surface area contributed by atoms with E-state index in [1.165, 1.54) is 11.7 Å². The van der Waals surface area contributed by atoms with E-state index in [-0.39, 0.29) is 31.3 Å². The topological polar surface area (TPSA) is 136 Å². The fourth-order valence-corrected chi connectivity index (χ4v) is 4.93. The first kappa shape index (κ1) is 29.9. The summed E-state index contributed by atoms with van der Waals surface area (Å²) < 4.78 is 12.4. The zero-order valence-corrected chi connectivity index (χ0v) is 24.4. The lowest BCUT2D eigenvalue weighted by Crippen LogP contribution is -2.46. The highest BCUT2D eigenvalue weighted by Gasteiger charge is 2.36.